The molecule has 6 heteroatoms. The highest BCUT2D eigenvalue weighted by atomic mass is 16.5. The van der Waals surface area contributed by atoms with Gasteiger partial charge in [0.05, 0.1) is 0 Å². The maximum atomic E-state index is 13.0. The number of ketones is 1. The van der Waals surface area contributed by atoms with Crippen LogP contribution in [0.1, 0.15) is 46.7 Å². The van der Waals surface area contributed by atoms with Gasteiger partial charge < -0.3 is 19.9 Å². The van der Waals surface area contributed by atoms with Gasteiger partial charge in [-0.15, -0.1) is 0 Å². The van der Waals surface area contributed by atoms with Gasteiger partial charge in [0.1, 0.15) is 12.0 Å². The molecule has 0 atom stereocenters. The maximum absolute atomic E-state index is 13.0. The summed E-state index contributed by atoms with van der Waals surface area (Å²) in [7, 11) is 0. The second-order valence-electron chi connectivity index (χ2n) is 10.0. The lowest BCUT2D eigenvalue weighted by atomic mass is 9.86. The van der Waals surface area contributed by atoms with Crippen molar-refractivity contribution in [2.75, 3.05) is 32.7 Å². The summed E-state index contributed by atoms with van der Waals surface area (Å²) >= 11 is 0. The number of carbonyl (C=O) groups excluding carboxylic acids is 2. The van der Waals surface area contributed by atoms with E-state index < -0.39 is 0 Å². The molecule has 1 aliphatic carbocycles. The van der Waals surface area contributed by atoms with Gasteiger partial charge in [-0.2, -0.15) is 0 Å². The van der Waals surface area contributed by atoms with E-state index in [1.54, 1.807) is 18.4 Å². The monoisotopic (exact) mass is 509 g/mol. The smallest absolute Gasteiger partial charge is 0.251 e. The summed E-state index contributed by atoms with van der Waals surface area (Å²) < 4.78 is 5.67. The molecule has 2 aromatic rings. The van der Waals surface area contributed by atoms with Crippen LogP contribution in [0.25, 0.3) is 0 Å². The van der Waals surface area contributed by atoms with E-state index in [-0.39, 0.29) is 11.7 Å². The van der Waals surface area contributed by atoms with Gasteiger partial charge in [0.25, 0.3) is 5.91 Å². The lowest BCUT2D eigenvalue weighted by Crippen LogP contribution is -2.38. The normalized spacial score (nSPS) is 18.1. The highest BCUT2D eigenvalue weighted by Gasteiger charge is 2.24. The van der Waals surface area contributed by atoms with E-state index >= 15 is 0 Å². The molecule has 196 valence electrons. The Labute approximate surface area is 225 Å². The fourth-order valence-electron chi connectivity index (χ4n) is 5.29. The van der Waals surface area contributed by atoms with E-state index in [0.29, 0.717) is 18.9 Å². The molecule has 0 unspecified atom stereocenters. The molecule has 0 bridgehead atoms. The van der Waals surface area contributed by atoms with Gasteiger partial charge in [-0.1, -0.05) is 60.7 Å². The molecule has 2 aromatic carbocycles. The molecular formula is C32H35N3O3. The maximum Gasteiger partial charge on any atom is 0.251 e. The zero-order valence-corrected chi connectivity index (χ0v) is 21.7. The first-order chi connectivity index (χ1) is 18.7. The van der Waals surface area contributed by atoms with E-state index in [2.05, 4.69) is 33.3 Å². The van der Waals surface area contributed by atoms with Crippen LogP contribution in [-0.4, -0.2) is 54.2 Å². The van der Waals surface area contributed by atoms with Crippen molar-refractivity contribution < 1.29 is 14.3 Å². The molecule has 0 radical (unpaired) electrons. The summed E-state index contributed by atoms with van der Waals surface area (Å²) in [6.07, 6.45) is 14.2. The third-order valence-corrected chi connectivity index (χ3v) is 7.44. The summed E-state index contributed by atoms with van der Waals surface area (Å²) in [6, 6.07) is 18.3. The fourth-order valence-corrected chi connectivity index (χ4v) is 5.29. The minimum Gasteiger partial charge on any atom is -0.462 e. The van der Waals surface area contributed by atoms with Crippen molar-refractivity contribution in [3.63, 3.8) is 0 Å². The Bertz CT molecular complexity index is 1250. The van der Waals surface area contributed by atoms with Crippen molar-refractivity contribution in [1.82, 2.24) is 15.1 Å². The minimum atomic E-state index is 0.0194. The van der Waals surface area contributed by atoms with Crippen molar-refractivity contribution in [3.05, 3.63) is 120 Å². The van der Waals surface area contributed by atoms with E-state index in [1.807, 2.05) is 54.9 Å². The molecule has 38 heavy (non-hydrogen) atoms. The molecule has 6 nitrogen and oxygen atoms in total. The van der Waals surface area contributed by atoms with Crippen LogP contribution in [0.5, 0.6) is 0 Å². The van der Waals surface area contributed by atoms with Gasteiger partial charge in [0.2, 0.25) is 0 Å². The van der Waals surface area contributed by atoms with Crippen molar-refractivity contribution in [3.8, 4) is 0 Å². The number of hydrogen-bond donors (Lipinski definition) is 1. The predicted molar refractivity (Wildman–Crippen MR) is 149 cm³/mol. The van der Waals surface area contributed by atoms with Crippen molar-refractivity contribution in [2.24, 2.45) is 0 Å². The molecule has 0 spiro atoms. The van der Waals surface area contributed by atoms with Gasteiger partial charge in [-0.25, -0.2) is 0 Å². The Kier molecular flexibility index (Phi) is 8.51. The van der Waals surface area contributed by atoms with Crippen LogP contribution in [0, 0.1) is 0 Å². The summed E-state index contributed by atoms with van der Waals surface area (Å²) in [5, 5.41) is 3.12. The molecule has 0 saturated carbocycles. The molecule has 1 N–H and O–H groups in total. The average molecular weight is 510 g/mol. The second kappa shape index (κ2) is 12.6. The number of rotatable bonds is 9. The third kappa shape index (κ3) is 6.69. The van der Waals surface area contributed by atoms with Gasteiger partial charge in [0, 0.05) is 49.6 Å². The number of ether oxygens (including phenoxy) is 1. The number of carbonyl (C=O) groups is 2. The summed E-state index contributed by atoms with van der Waals surface area (Å²) in [6.45, 7) is 4.44. The molecule has 3 aliphatic rings. The Balaban J connectivity index is 1.11. The Morgan fingerprint density at radius 3 is 2.61 bits per heavy atom. The van der Waals surface area contributed by atoms with Gasteiger partial charge in [0.15, 0.2) is 5.78 Å². The average Bonchev–Trinajstić information content (AvgIpc) is 2.97. The number of benzene rings is 2. The zero-order valence-electron chi connectivity index (χ0n) is 21.7. The molecular weight excluding hydrogens is 474 g/mol. The van der Waals surface area contributed by atoms with Crippen molar-refractivity contribution in [1.29, 1.82) is 0 Å². The summed E-state index contributed by atoms with van der Waals surface area (Å²) in [5.74, 6) is 1.25. The standard InChI is InChI=1S/C32H35N3O3/c36-28-10-6-9-27(23-28)31-24-35(21-22-38-31)20-19-34-17-14-26(15-18-34)29-11-4-5-12-30(29)32(37)33-16-13-25-7-2-1-3-8-25/h1-12,21-22,24,26H,13-20,23H2,(H,33,37). The van der Waals surface area contributed by atoms with Crippen LogP contribution in [-0.2, 0) is 16.0 Å². The minimum absolute atomic E-state index is 0.0194. The molecule has 1 saturated heterocycles. The fraction of sp³-hybridized carbons (Fsp3) is 0.312. The number of amides is 1. The van der Waals surface area contributed by atoms with Crippen LogP contribution >= 0.6 is 0 Å². The molecule has 1 amide bonds. The van der Waals surface area contributed by atoms with E-state index in [0.717, 1.165) is 67.9 Å². The lowest BCUT2D eigenvalue weighted by Gasteiger charge is -2.34. The second-order valence-corrected chi connectivity index (χ2v) is 10.0. The van der Waals surface area contributed by atoms with E-state index in [9.17, 15) is 9.59 Å². The topological polar surface area (TPSA) is 61.9 Å². The van der Waals surface area contributed by atoms with Crippen LogP contribution < -0.4 is 5.32 Å². The van der Waals surface area contributed by atoms with Gasteiger partial charge >= 0.3 is 0 Å². The van der Waals surface area contributed by atoms with Crippen LogP contribution in [0.4, 0.5) is 0 Å². The van der Waals surface area contributed by atoms with Crippen molar-refractivity contribution >= 4 is 11.7 Å². The number of hydrogen-bond acceptors (Lipinski definition) is 5. The first kappa shape index (κ1) is 25.7. The number of allylic oxidation sites excluding steroid dienone is 4. The zero-order chi connectivity index (χ0) is 26.2. The third-order valence-electron chi connectivity index (χ3n) is 7.44. The number of piperidine rings is 1. The molecule has 0 aromatic heterocycles. The quantitative estimate of drug-likeness (QED) is 0.519. The number of likely N-dealkylation sites (tertiary alicyclic amines) is 1. The van der Waals surface area contributed by atoms with Crippen LogP contribution in [0.3, 0.4) is 0 Å². The van der Waals surface area contributed by atoms with Gasteiger partial charge in [-0.05, 0) is 61.5 Å². The molecule has 2 heterocycles. The van der Waals surface area contributed by atoms with Crippen LogP contribution in [0.15, 0.2) is 103 Å². The first-order valence-electron chi connectivity index (χ1n) is 13.5. The Morgan fingerprint density at radius 2 is 1.79 bits per heavy atom. The predicted octanol–water partition coefficient (Wildman–Crippen LogP) is 4.94. The molecule has 5 rings (SSSR count). The first-order valence-corrected chi connectivity index (χ1v) is 13.5. The Hall–Kier alpha value is -3.90. The summed E-state index contributed by atoms with van der Waals surface area (Å²) in [4.78, 5) is 29.4. The Morgan fingerprint density at radius 1 is 1.00 bits per heavy atom. The van der Waals surface area contributed by atoms with E-state index in [1.165, 1.54) is 5.56 Å². The van der Waals surface area contributed by atoms with E-state index in [4.69, 9.17) is 4.74 Å². The number of nitrogens with one attached hydrogen (secondary N) is 1. The molecule has 2 aliphatic heterocycles. The molecule has 1 fully saturated rings. The SMILES string of the molecule is O=C1C=CC=C(C2=CN(CCN3CCC(c4ccccc4C(=O)NCCc4ccccc4)CC3)C=CO2)C1. The summed E-state index contributed by atoms with van der Waals surface area (Å²) in [5.41, 5.74) is 4.11. The van der Waals surface area contributed by atoms with Crippen LogP contribution in [0.2, 0.25) is 0 Å². The highest BCUT2D eigenvalue weighted by molar-refractivity contribution is 5.96. The largest absolute Gasteiger partial charge is 0.462 e. The lowest BCUT2D eigenvalue weighted by molar-refractivity contribution is -0.114. The van der Waals surface area contributed by atoms with Crippen molar-refractivity contribution in [2.45, 2.75) is 31.6 Å². The van der Waals surface area contributed by atoms with Gasteiger partial charge in [-0.3, -0.25) is 9.59 Å². The highest BCUT2D eigenvalue weighted by Crippen LogP contribution is 2.30. The number of nitrogens with zero attached hydrogens (tertiary/aromatic N) is 2.